The molecule has 0 aliphatic carbocycles. The fourth-order valence-corrected chi connectivity index (χ4v) is 1.95. The zero-order valence-electron chi connectivity index (χ0n) is 9.09. The lowest BCUT2D eigenvalue weighted by Crippen LogP contribution is -2.38. The Hall–Kier alpha value is -0.370. The van der Waals surface area contributed by atoms with Crippen LogP contribution < -0.4 is 0 Å². The minimum atomic E-state index is -0.104. The number of carbonyl (C=O) groups is 1. The fourth-order valence-electron chi connectivity index (χ4n) is 1.95. The third-order valence-corrected chi connectivity index (χ3v) is 2.67. The topological polar surface area (TPSA) is 26.3 Å². The first-order valence-electron chi connectivity index (χ1n) is 5.10. The van der Waals surface area contributed by atoms with E-state index in [1.807, 2.05) is 13.8 Å². The van der Waals surface area contributed by atoms with Gasteiger partial charge in [0.2, 0.25) is 0 Å². The molecule has 1 rings (SSSR count). The van der Waals surface area contributed by atoms with E-state index in [0.29, 0.717) is 5.78 Å². The van der Waals surface area contributed by atoms with Gasteiger partial charge in [-0.1, -0.05) is 13.8 Å². The number of hydrogen-bond acceptors (Lipinski definition) is 2. The van der Waals surface area contributed by atoms with Crippen LogP contribution in [0.1, 0.15) is 40.5 Å². The van der Waals surface area contributed by atoms with Crippen molar-refractivity contribution in [2.24, 2.45) is 11.8 Å². The molecule has 2 nitrogen and oxygen atoms in total. The Morgan fingerprint density at radius 1 is 1.46 bits per heavy atom. The molecule has 0 bridgehead atoms. The summed E-state index contributed by atoms with van der Waals surface area (Å²) < 4.78 is 5.57. The van der Waals surface area contributed by atoms with Gasteiger partial charge in [0.15, 0.2) is 0 Å². The Bertz CT molecular complexity index is 194. The molecule has 1 atom stereocenters. The smallest absolute Gasteiger partial charge is 0.138 e. The van der Waals surface area contributed by atoms with Gasteiger partial charge < -0.3 is 4.74 Å². The van der Waals surface area contributed by atoms with Gasteiger partial charge in [0, 0.05) is 18.4 Å². The van der Waals surface area contributed by atoms with Crippen molar-refractivity contribution in [1.29, 1.82) is 0 Å². The summed E-state index contributed by atoms with van der Waals surface area (Å²) in [6, 6.07) is 0. The van der Waals surface area contributed by atoms with Gasteiger partial charge in [-0.3, -0.25) is 4.79 Å². The molecule has 13 heavy (non-hydrogen) atoms. The molecule has 0 aromatic carbocycles. The lowest BCUT2D eigenvalue weighted by molar-refractivity contribution is -0.135. The van der Waals surface area contributed by atoms with Crippen LogP contribution >= 0.6 is 0 Å². The zero-order valence-corrected chi connectivity index (χ0v) is 9.09. The highest BCUT2D eigenvalue weighted by atomic mass is 16.5. The molecule has 1 fully saturated rings. The highest BCUT2D eigenvalue weighted by Gasteiger charge is 2.33. The van der Waals surface area contributed by atoms with E-state index in [0.717, 1.165) is 19.4 Å². The van der Waals surface area contributed by atoms with Gasteiger partial charge in [-0.15, -0.1) is 0 Å². The van der Waals surface area contributed by atoms with Gasteiger partial charge in [-0.25, -0.2) is 0 Å². The first-order chi connectivity index (χ1) is 5.92. The number of Topliss-reactive ketones (excluding diaryl/α,β-unsaturated/α-hetero) is 1. The molecule has 1 aliphatic heterocycles. The van der Waals surface area contributed by atoms with Crippen LogP contribution in [0.3, 0.4) is 0 Å². The Morgan fingerprint density at radius 3 is 2.54 bits per heavy atom. The van der Waals surface area contributed by atoms with Gasteiger partial charge in [0.1, 0.15) is 5.78 Å². The summed E-state index contributed by atoms with van der Waals surface area (Å²) in [5, 5.41) is 0. The molecule has 0 N–H and O–H groups in total. The van der Waals surface area contributed by atoms with Crippen molar-refractivity contribution in [1.82, 2.24) is 0 Å². The molecule has 0 spiro atoms. The van der Waals surface area contributed by atoms with E-state index < -0.39 is 0 Å². The number of ether oxygens (including phenoxy) is 1. The van der Waals surface area contributed by atoms with Crippen LogP contribution in [0.15, 0.2) is 0 Å². The van der Waals surface area contributed by atoms with Crippen molar-refractivity contribution in [2.75, 3.05) is 6.61 Å². The minimum Gasteiger partial charge on any atom is -0.376 e. The fraction of sp³-hybridized carbons (Fsp3) is 0.909. The quantitative estimate of drug-likeness (QED) is 0.658. The Balaban J connectivity index is 2.57. The monoisotopic (exact) mass is 184 g/mol. The van der Waals surface area contributed by atoms with E-state index in [9.17, 15) is 4.79 Å². The Morgan fingerprint density at radius 2 is 2.08 bits per heavy atom. The summed E-state index contributed by atoms with van der Waals surface area (Å²) in [4.78, 5) is 11.7. The lowest BCUT2D eigenvalue weighted by atomic mass is 9.82. The van der Waals surface area contributed by atoms with Crippen LogP contribution in [0.4, 0.5) is 0 Å². The Kier molecular flexibility index (Phi) is 3.12. The van der Waals surface area contributed by atoms with Crippen LogP contribution in [-0.2, 0) is 9.53 Å². The predicted octanol–water partition coefficient (Wildman–Crippen LogP) is 2.42. The van der Waals surface area contributed by atoms with Crippen molar-refractivity contribution in [3.63, 3.8) is 0 Å². The third-order valence-electron chi connectivity index (χ3n) is 2.67. The maximum absolute atomic E-state index is 11.7. The summed E-state index contributed by atoms with van der Waals surface area (Å²) >= 11 is 0. The largest absolute Gasteiger partial charge is 0.376 e. The van der Waals surface area contributed by atoms with Crippen LogP contribution in [-0.4, -0.2) is 18.0 Å². The number of rotatable bonds is 2. The summed E-state index contributed by atoms with van der Waals surface area (Å²) in [5.74, 6) is 0.791. The molecule has 0 aromatic rings. The molecule has 0 saturated carbocycles. The standard InChI is InChI=1S/C11H20O2/c1-8(2)10(12)9-5-6-13-11(3,4)7-9/h8-9H,5-7H2,1-4H3. The van der Waals surface area contributed by atoms with Gasteiger partial charge in [0.25, 0.3) is 0 Å². The predicted molar refractivity (Wildman–Crippen MR) is 52.6 cm³/mol. The van der Waals surface area contributed by atoms with E-state index in [-0.39, 0.29) is 17.4 Å². The molecule has 0 amide bonds. The summed E-state index contributed by atoms with van der Waals surface area (Å²) in [6.07, 6.45) is 1.78. The molecular weight excluding hydrogens is 164 g/mol. The molecular formula is C11H20O2. The van der Waals surface area contributed by atoms with Gasteiger partial charge in [-0.05, 0) is 26.7 Å². The lowest BCUT2D eigenvalue weighted by Gasteiger charge is -2.35. The molecule has 2 heteroatoms. The Labute approximate surface area is 80.7 Å². The summed E-state index contributed by atoms with van der Waals surface area (Å²) in [6.45, 7) is 8.81. The van der Waals surface area contributed by atoms with Crippen LogP contribution in [0.2, 0.25) is 0 Å². The van der Waals surface area contributed by atoms with E-state index >= 15 is 0 Å². The first-order valence-corrected chi connectivity index (χ1v) is 5.10. The number of carbonyl (C=O) groups excluding carboxylic acids is 1. The van der Waals surface area contributed by atoms with Crippen LogP contribution in [0.25, 0.3) is 0 Å². The summed E-state index contributed by atoms with van der Waals surface area (Å²) in [7, 11) is 0. The van der Waals surface area contributed by atoms with Crippen molar-refractivity contribution in [3.8, 4) is 0 Å². The molecule has 1 heterocycles. The third kappa shape index (κ3) is 2.80. The van der Waals surface area contributed by atoms with E-state index in [1.54, 1.807) is 0 Å². The zero-order chi connectivity index (χ0) is 10.1. The molecule has 0 aromatic heterocycles. The van der Waals surface area contributed by atoms with Crippen LogP contribution in [0, 0.1) is 11.8 Å². The highest BCUT2D eigenvalue weighted by molar-refractivity contribution is 5.82. The maximum Gasteiger partial charge on any atom is 0.138 e. The average molecular weight is 184 g/mol. The second kappa shape index (κ2) is 3.79. The van der Waals surface area contributed by atoms with Gasteiger partial charge in [-0.2, -0.15) is 0 Å². The maximum atomic E-state index is 11.7. The van der Waals surface area contributed by atoms with Gasteiger partial charge in [0.05, 0.1) is 5.60 Å². The van der Waals surface area contributed by atoms with E-state index in [1.165, 1.54) is 0 Å². The van der Waals surface area contributed by atoms with E-state index in [2.05, 4.69) is 13.8 Å². The molecule has 76 valence electrons. The molecule has 1 unspecified atom stereocenters. The number of ketones is 1. The second-order valence-electron chi connectivity index (χ2n) is 4.85. The normalized spacial score (nSPS) is 27.6. The summed E-state index contributed by atoms with van der Waals surface area (Å²) in [5.41, 5.74) is -0.104. The minimum absolute atomic E-state index is 0.104. The van der Waals surface area contributed by atoms with E-state index in [4.69, 9.17) is 4.74 Å². The van der Waals surface area contributed by atoms with Crippen molar-refractivity contribution in [2.45, 2.75) is 46.1 Å². The molecule has 1 aliphatic rings. The first kappa shape index (κ1) is 10.7. The average Bonchev–Trinajstić information content (AvgIpc) is 2.01. The molecule has 1 saturated heterocycles. The second-order valence-corrected chi connectivity index (χ2v) is 4.85. The molecule has 0 radical (unpaired) electrons. The van der Waals surface area contributed by atoms with Crippen molar-refractivity contribution >= 4 is 5.78 Å². The van der Waals surface area contributed by atoms with Gasteiger partial charge >= 0.3 is 0 Å². The SMILES string of the molecule is CC(C)C(=O)C1CCOC(C)(C)C1. The highest BCUT2D eigenvalue weighted by Crippen LogP contribution is 2.30. The van der Waals surface area contributed by atoms with Crippen LogP contribution in [0.5, 0.6) is 0 Å². The number of hydrogen-bond donors (Lipinski definition) is 0. The van der Waals surface area contributed by atoms with Crippen molar-refractivity contribution < 1.29 is 9.53 Å². The van der Waals surface area contributed by atoms with Crippen molar-refractivity contribution in [3.05, 3.63) is 0 Å².